The molecule has 3 amide bonds. The van der Waals surface area contributed by atoms with Crippen LogP contribution in [-0.2, 0) is 4.79 Å². The monoisotopic (exact) mass is 435 g/mol. The van der Waals surface area contributed by atoms with Gasteiger partial charge in [-0.05, 0) is 42.3 Å². The van der Waals surface area contributed by atoms with Crippen molar-refractivity contribution in [3.8, 4) is 11.8 Å². The van der Waals surface area contributed by atoms with E-state index in [0.29, 0.717) is 18.7 Å². The topological polar surface area (TPSA) is 72.9 Å². The Bertz CT molecular complexity index is 1060. The number of hydrogen-bond donors (Lipinski definition) is 2. The van der Waals surface area contributed by atoms with Gasteiger partial charge in [0.2, 0.25) is 5.91 Å². The Morgan fingerprint density at radius 3 is 2.62 bits per heavy atom. The maximum Gasteiger partial charge on any atom is 0.317 e. The zero-order chi connectivity index (χ0) is 22.7. The number of carbonyl (C=O) groups excluding carboxylic acids is 2. The van der Waals surface area contributed by atoms with Crippen LogP contribution in [0, 0.1) is 17.7 Å². The van der Waals surface area contributed by atoms with Gasteiger partial charge in [0.1, 0.15) is 12.4 Å². The SMILES string of the molecule is CCCNC(=O)N1CC(=O)N2[C@@H](CO)[C@@H](c3ccc(C#Cc4cccc(F)c4)cc3)[C@@H]2C1. The van der Waals surface area contributed by atoms with Crippen molar-refractivity contribution in [2.45, 2.75) is 31.3 Å². The summed E-state index contributed by atoms with van der Waals surface area (Å²) in [5, 5.41) is 12.7. The molecule has 6 nitrogen and oxygen atoms in total. The molecule has 2 fully saturated rings. The second-order valence-electron chi connectivity index (χ2n) is 8.14. The van der Waals surface area contributed by atoms with Crippen LogP contribution in [-0.4, -0.2) is 65.2 Å². The van der Waals surface area contributed by atoms with Crippen molar-refractivity contribution in [1.82, 2.24) is 15.1 Å². The molecule has 0 saturated carbocycles. The second-order valence-corrected chi connectivity index (χ2v) is 8.14. The van der Waals surface area contributed by atoms with E-state index >= 15 is 0 Å². The van der Waals surface area contributed by atoms with Crippen molar-refractivity contribution < 1.29 is 19.1 Å². The largest absolute Gasteiger partial charge is 0.394 e. The van der Waals surface area contributed by atoms with Gasteiger partial charge in [-0.2, -0.15) is 0 Å². The van der Waals surface area contributed by atoms with Gasteiger partial charge >= 0.3 is 6.03 Å². The summed E-state index contributed by atoms with van der Waals surface area (Å²) in [4.78, 5) is 28.3. The van der Waals surface area contributed by atoms with Gasteiger partial charge < -0.3 is 20.2 Å². The van der Waals surface area contributed by atoms with Gasteiger partial charge in [-0.15, -0.1) is 0 Å². The lowest BCUT2D eigenvalue weighted by atomic mass is 9.73. The lowest BCUT2D eigenvalue weighted by Crippen LogP contribution is -2.73. The number of fused-ring (bicyclic) bond motifs is 1. The number of amides is 3. The molecule has 32 heavy (non-hydrogen) atoms. The van der Waals surface area contributed by atoms with Crippen LogP contribution in [0.2, 0.25) is 0 Å². The number of hydrogen-bond acceptors (Lipinski definition) is 3. The molecule has 0 spiro atoms. The van der Waals surface area contributed by atoms with Crippen LogP contribution >= 0.6 is 0 Å². The third-order valence-corrected chi connectivity index (χ3v) is 6.04. The fourth-order valence-corrected chi connectivity index (χ4v) is 4.50. The van der Waals surface area contributed by atoms with Crippen molar-refractivity contribution >= 4 is 11.9 Å². The molecular weight excluding hydrogens is 409 g/mol. The quantitative estimate of drug-likeness (QED) is 0.724. The highest BCUT2D eigenvalue weighted by molar-refractivity contribution is 5.87. The molecule has 0 radical (unpaired) electrons. The summed E-state index contributed by atoms with van der Waals surface area (Å²) >= 11 is 0. The summed E-state index contributed by atoms with van der Waals surface area (Å²) in [6.07, 6.45) is 0.826. The molecule has 2 saturated heterocycles. The number of carbonyl (C=O) groups is 2. The molecule has 7 heteroatoms. The van der Waals surface area contributed by atoms with Gasteiger partial charge in [-0.25, -0.2) is 9.18 Å². The first-order valence-corrected chi connectivity index (χ1v) is 10.8. The van der Waals surface area contributed by atoms with E-state index in [9.17, 15) is 19.1 Å². The van der Waals surface area contributed by atoms with Crippen LogP contribution in [0.5, 0.6) is 0 Å². The third-order valence-electron chi connectivity index (χ3n) is 6.04. The first-order valence-electron chi connectivity index (χ1n) is 10.8. The first kappa shape index (κ1) is 21.8. The molecule has 0 unspecified atom stereocenters. The van der Waals surface area contributed by atoms with E-state index in [4.69, 9.17) is 0 Å². The lowest BCUT2D eigenvalue weighted by molar-refractivity contribution is -0.159. The average molecular weight is 435 g/mol. The molecule has 2 aliphatic heterocycles. The summed E-state index contributed by atoms with van der Waals surface area (Å²) in [6.45, 7) is 2.88. The summed E-state index contributed by atoms with van der Waals surface area (Å²) < 4.78 is 13.3. The fourth-order valence-electron chi connectivity index (χ4n) is 4.50. The molecule has 0 aliphatic carbocycles. The van der Waals surface area contributed by atoms with Gasteiger partial charge in [-0.3, -0.25) is 4.79 Å². The van der Waals surface area contributed by atoms with E-state index in [2.05, 4.69) is 17.2 Å². The maximum absolute atomic E-state index is 13.3. The molecule has 4 rings (SSSR count). The van der Waals surface area contributed by atoms with Crippen LogP contribution < -0.4 is 5.32 Å². The number of urea groups is 1. The third kappa shape index (κ3) is 4.32. The molecule has 3 atom stereocenters. The lowest BCUT2D eigenvalue weighted by Gasteiger charge is -2.58. The van der Waals surface area contributed by atoms with Gasteiger partial charge in [0, 0.05) is 30.1 Å². The van der Waals surface area contributed by atoms with Gasteiger partial charge in [0.05, 0.1) is 18.7 Å². The number of aliphatic hydroxyl groups is 1. The van der Waals surface area contributed by atoms with Gasteiger partial charge in [-0.1, -0.05) is 37.0 Å². The standard InChI is InChI=1S/C25H26FN3O3/c1-2-12-27-25(32)28-14-21-24(22(16-30)29(21)23(31)15-28)19-10-8-17(9-11-19)6-7-18-4-3-5-20(26)13-18/h3-5,8-11,13,21-22,24,30H,2,12,14-16H2,1H3,(H,27,32)/t21-,22-,24-/m0/s1. The van der Waals surface area contributed by atoms with E-state index in [1.54, 1.807) is 21.9 Å². The van der Waals surface area contributed by atoms with E-state index in [1.807, 2.05) is 31.2 Å². The molecule has 0 bridgehead atoms. The number of benzene rings is 2. The van der Waals surface area contributed by atoms with Crippen LogP contribution in [0.4, 0.5) is 9.18 Å². The zero-order valence-corrected chi connectivity index (χ0v) is 17.9. The summed E-state index contributed by atoms with van der Waals surface area (Å²) in [5.74, 6) is 5.46. The number of nitrogens with one attached hydrogen (secondary N) is 1. The highest BCUT2D eigenvalue weighted by Gasteiger charge is 2.54. The normalized spacial score (nSPS) is 21.8. The molecule has 166 valence electrons. The van der Waals surface area contributed by atoms with Crippen molar-refractivity contribution in [2.75, 3.05) is 26.2 Å². The predicted molar refractivity (Wildman–Crippen MR) is 118 cm³/mol. The van der Waals surface area contributed by atoms with Crippen molar-refractivity contribution in [2.24, 2.45) is 0 Å². The molecule has 2 N–H and O–H groups in total. The Morgan fingerprint density at radius 1 is 1.19 bits per heavy atom. The Labute approximate surface area is 187 Å². The second kappa shape index (κ2) is 9.41. The first-order chi connectivity index (χ1) is 15.5. The van der Waals surface area contributed by atoms with Gasteiger partial charge in [0.25, 0.3) is 0 Å². The van der Waals surface area contributed by atoms with Crippen molar-refractivity contribution in [1.29, 1.82) is 0 Å². The van der Waals surface area contributed by atoms with E-state index in [-0.39, 0.29) is 48.9 Å². The Hall–Kier alpha value is -3.37. The number of nitrogens with zero attached hydrogens (tertiary/aromatic N) is 2. The Kier molecular flexibility index (Phi) is 6.42. The van der Waals surface area contributed by atoms with Crippen LogP contribution in [0.3, 0.4) is 0 Å². The van der Waals surface area contributed by atoms with Crippen molar-refractivity contribution in [3.63, 3.8) is 0 Å². The van der Waals surface area contributed by atoms with E-state index in [1.165, 1.54) is 12.1 Å². The number of piperazine rings is 1. The fraction of sp³-hybridized carbons (Fsp3) is 0.360. The van der Waals surface area contributed by atoms with E-state index < -0.39 is 0 Å². The van der Waals surface area contributed by atoms with E-state index in [0.717, 1.165) is 17.5 Å². The molecule has 2 aromatic rings. The molecule has 2 aliphatic rings. The zero-order valence-electron chi connectivity index (χ0n) is 17.9. The number of halogens is 1. The molecular formula is C25H26FN3O3. The number of rotatable bonds is 4. The summed E-state index contributed by atoms with van der Waals surface area (Å²) in [7, 11) is 0. The smallest absolute Gasteiger partial charge is 0.317 e. The van der Waals surface area contributed by atoms with Crippen molar-refractivity contribution in [3.05, 3.63) is 71.0 Å². The Morgan fingerprint density at radius 2 is 1.94 bits per heavy atom. The van der Waals surface area contributed by atoms with Crippen LogP contribution in [0.25, 0.3) is 0 Å². The highest BCUT2D eigenvalue weighted by Crippen LogP contribution is 2.42. The van der Waals surface area contributed by atoms with Crippen LogP contribution in [0.1, 0.15) is 36.0 Å². The summed E-state index contributed by atoms with van der Waals surface area (Å²) in [6, 6.07) is 13.1. The minimum absolute atomic E-state index is 0.0316. The summed E-state index contributed by atoms with van der Waals surface area (Å²) in [5.41, 5.74) is 2.38. The highest BCUT2D eigenvalue weighted by atomic mass is 19.1. The minimum Gasteiger partial charge on any atom is -0.394 e. The predicted octanol–water partition coefficient (Wildman–Crippen LogP) is 2.32. The Balaban J connectivity index is 1.50. The van der Waals surface area contributed by atoms with Gasteiger partial charge in [0.15, 0.2) is 0 Å². The average Bonchev–Trinajstić information content (AvgIpc) is 2.78. The van der Waals surface area contributed by atoms with Crippen LogP contribution in [0.15, 0.2) is 48.5 Å². The molecule has 2 heterocycles. The molecule has 2 aromatic carbocycles. The molecule has 0 aromatic heterocycles. The minimum atomic E-state index is -0.323. The number of aliphatic hydroxyl groups excluding tert-OH is 1. The maximum atomic E-state index is 13.3.